The fourth-order valence-corrected chi connectivity index (χ4v) is 5.42. The third-order valence-electron chi connectivity index (χ3n) is 7.61. The van der Waals surface area contributed by atoms with E-state index in [1.165, 1.54) is 53.7 Å². The van der Waals surface area contributed by atoms with E-state index in [0.29, 0.717) is 24.4 Å². The molecule has 32 heavy (non-hydrogen) atoms. The topological polar surface area (TPSA) is 41.0 Å². The van der Waals surface area contributed by atoms with Crippen LogP contribution in [0.15, 0.2) is 29.2 Å². The number of aryl methyl sites for hydroxylation is 1. The molecular weight excluding hydrogens is 394 g/mol. The Morgan fingerprint density at radius 2 is 1.75 bits per heavy atom. The van der Waals surface area contributed by atoms with Crippen LogP contribution in [0.5, 0.6) is 0 Å². The molecule has 4 rings (SSSR count). The molecule has 0 bridgehead atoms. The molecule has 0 unspecified atom stereocenters. The molecule has 1 saturated heterocycles. The Balaban J connectivity index is 1.81. The summed E-state index contributed by atoms with van der Waals surface area (Å²) in [6, 6.07) is 7.68. The molecule has 3 heterocycles. The maximum absolute atomic E-state index is 12.6. The van der Waals surface area contributed by atoms with Crippen LogP contribution < -0.4 is 5.56 Å². The van der Waals surface area contributed by atoms with E-state index in [0.717, 1.165) is 16.7 Å². The highest BCUT2D eigenvalue weighted by Crippen LogP contribution is 2.39. The van der Waals surface area contributed by atoms with Crippen LogP contribution in [0.3, 0.4) is 0 Å². The van der Waals surface area contributed by atoms with Crippen LogP contribution in [0.2, 0.25) is 0 Å². The highest BCUT2D eigenvalue weighted by Gasteiger charge is 2.24. The standard InChI is InChI=1S/C28H39N3O/c1-8-30-16-24(19(6)20(7)28(30)32)27-26(17(2)3)23-15-22(9-10-25(23)29-27)21-11-13-31(14-12-21)18(4)5/h9-10,15-18,21,29H,8,11-14H2,1-7H3. The first-order chi connectivity index (χ1) is 15.2. The molecule has 172 valence electrons. The molecule has 1 aromatic carbocycles. The molecule has 0 aliphatic carbocycles. The predicted molar refractivity (Wildman–Crippen MR) is 136 cm³/mol. The minimum absolute atomic E-state index is 0.117. The number of benzene rings is 1. The van der Waals surface area contributed by atoms with Crippen molar-refractivity contribution in [1.29, 1.82) is 0 Å². The van der Waals surface area contributed by atoms with Gasteiger partial charge in [-0.2, -0.15) is 0 Å². The number of hydrogen-bond donors (Lipinski definition) is 1. The molecule has 0 atom stereocenters. The number of rotatable bonds is 5. The second kappa shape index (κ2) is 8.90. The quantitative estimate of drug-likeness (QED) is 0.510. The van der Waals surface area contributed by atoms with Gasteiger partial charge in [0.15, 0.2) is 0 Å². The Morgan fingerprint density at radius 1 is 1.06 bits per heavy atom. The van der Waals surface area contributed by atoms with Crippen LogP contribution in [0, 0.1) is 13.8 Å². The van der Waals surface area contributed by atoms with Crippen molar-refractivity contribution in [2.24, 2.45) is 0 Å². The van der Waals surface area contributed by atoms with Crippen molar-refractivity contribution in [3.8, 4) is 11.3 Å². The lowest BCUT2D eigenvalue weighted by atomic mass is 9.87. The number of nitrogens with one attached hydrogen (secondary N) is 1. The highest BCUT2D eigenvalue weighted by molar-refractivity contribution is 5.92. The number of H-pyrrole nitrogens is 1. The van der Waals surface area contributed by atoms with Crippen LogP contribution in [-0.4, -0.2) is 33.6 Å². The first kappa shape index (κ1) is 22.8. The van der Waals surface area contributed by atoms with Gasteiger partial charge in [-0.25, -0.2) is 0 Å². The average Bonchev–Trinajstić information content (AvgIpc) is 3.16. The molecular formula is C28H39N3O. The van der Waals surface area contributed by atoms with Crippen molar-refractivity contribution in [3.63, 3.8) is 0 Å². The van der Waals surface area contributed by atoms with E-state index in [-0.39, 0.29) is 5.56 Å². The van der Waals surface area contributed by atoms with Crippen molar-refractivity contribution >= 4 is 10.9 Å². The largest absolute Gasteiger partial charge is 0.354 e. The Bertz CT molecular complexity index is 1170. The second-order valence-corrected chi connectivity index (χ2v) is 10.2. The molecule has 0 saturated carbocycles. The van der Waals surface area contributed by atoms with E-state index in [1.54, 1.807) is 0 Å². The minimum Gasteiger partial charge on any atom is -0.354 e. The zero-order valence-corrected chi connectivity index (χ0v) is 20.9. The number of fused-ring (bicyclic) bond motifs is 1. The van der Waals surface area contributed by atoms with Gasteiger partial charge in [0.1, 0.15) is 0 Å². The van der Waals surface area contributed by atoms with Crippen molar-refractivity contribution in [1.82, 2.24) is 14.5 Å². The van der Waals surface area contributed by atoms with E-state index in [1.807, 2.05) is 24.6 Å². The SMILES string of the molecule is CCn1cc(-c2[nH]c3ccc(C4CCN(C(C)C)CC4)cc3c2C(C)C)c(C)c(C)c1=O. The summed E-state index contributed by atoms with van der Waals surface area (Å²) in [6.45, 7) is 18.3. The molecule has 1 aliphatic rings. The number of aromatic amines is 1. The summed E-state index contributed by atoms with van der Waals surface area (Å²) < 4.78 is 1.83. The minimum atomic E-state index is 0.117. The monoisotopic (exact) mass is 433 g/mol. The van der Waals surface area contributed by atoms with Gasteiger partial charge >= 0.3 is 0 Å². The summed E-state index contributed by atoms with van der Waals surface area (Å²) in [5, 5.41) is 1.34. The highest BCUT2D eigenvalue weighted by atomic mass is 16.1. The van der Waals surface area contributed by atoms with Crippen molar-refractivity contribution in [3.05, 3.63) is 57.0 Å². The van der Waals surface area contributed by atoms with Crippen LogP contribution >= 0.6 is 0 Å². The van der Waals surface area contributed by atoms with Gasteiger partial charge in [-0.15, -0.1) is 0 Å². The molecule has 0 spiro atoms. The van der Waals surface area contributed by atoms with Crippen LogP contribution in [0.1, 0.15) is 81.5 Å². The summed E-state index contributed by atoms with van der Waals surface area (Å²) in [6.07, 6.45) is 4.51. The third kappa shape index (κ3) is 3.94. The van der Waals surface area contributed by atoms with Gasteiger partial charge in [-0.3, -0.25) is 4.79 Å². The molecule has 4 nitrogen and oxygen atoms in total. The molecule has 3 aromatic rings. The lowest BCUT2D eigenvalue weighted by molar-refractivity contribution is 0.172. The van der Waals surface area contributed by atoms with E-state index >= 15 is 0 Å². The van der Waals surface area contributed by atoms with Crippen LogP contribution in [0.25, 0.3) is 22.2 Å². The van der Waals surface area contributed by atoms with Crippen LogP contribution in [0.4, 0.5) is 0 Å². The smallest absolute Gasteiger partial charge is 0.253 e. The molecule has 1 N–H and O–H groups in total. The molecule has 0 amide bonds. The zero-order valence-electron chi connectivity index (χ0n) is 20.9. The Labute approximate surface area is 192 Å². The summed E-state index contributed by atoms with van der Waals surface area (Å²) in [4.78, 5) is 19.0. The van der Waals surface area contributed by atoms with Gasteiger partial charge in [-0.1, -0.05) is 19.9 Å². The third-order valence-corrected chi connectivity index (χ3v) is 7.61. The first-order valence-corrected chi connectivity index (χ1v) is 12.3. The lowest BCUT2D eigenvalue weighted by Crippen LogP contribution is -2.37. The van der Waals surface area contributed by atoms with E-state index in [2.05, 4.69) is 62.7 Å². The number of piperidine rings is 1. The van der Waals surface area contributed by atoms with E-state index in [4.69, 9.17) is 0 Å². The molecule has 1 fully saturated rings. The van der Waals surface area contributed by atoms with Crippen molar-refractivity contribution in [2.75, 3.05) is 13.1 Å². The molecule has 0 radical (unpaired) electrons. The summed E-state index contributed by atoms with van der Waals surface area (Å²) in [7, 11) is 0. The van der Waals surface area contributed by atoms with Gasteiger partial charge < -0.3 is 14.5 Å². The zero-order chi connectivity index (χ0) is 23.2. The lowest BCUT2D eigenvalue weighted by Gasteiger charge is -2.34. The number of nitrogens with zero attached hydrogens (tertiary/aromatic N) is 2. The number of aromatic nitrogens is 2. The fraction of sp³-hybridized carbons (Fsp3) is 0.536. The van der Waals surface area contributed by atoms with E-state index < -0.39 is 0 Å². The summed E-state index contributed by atoms with van der Waals surface area (Å²) >= 11 is 0. The van der Waals surface area contributed by atoms with Gasteiger partial charge in [0.25, 0.3) is 5.56 Å². The van der Waals surface area contributed by atoms with Gasteiger partial charge in [0.05, 0.1) is 5.69 Å². The average molecular weight is 434 g/mol. The van der Waals surface area contributed by atoms with Crippen molar-refractivity contribution < 1.29 is 0 Å². The first-order valence-electron chi connectivity index (χ1n) is 12.3. The number of likely N-dealkylation sites (tertiary alicyclic amines) is 1. The molecule has 4 heteroatoms. The van der Waals surface area contributed by atoms with Gasteiger partial charge in [-0.05, 0) is 101 Å². The number of pyridine rings is 1. The molecule has 1 aliphatic heterocycles. The maximum Gasteiger partial charge on any atom is 0.253 e. The van der Waals surface area contributed by atoms with Crippen molar-refractivity contribution in [2.45, 2.75) is 85.7 Å². The second-order valence-electron chi connectivity index (χ2n) is 10.2. The Morgan fingerprint density at radius 3 is 2.34 bits per heavy atom. The molecule has 2 aromatic heterocycles. The summed E-state index contributed by atoms with van der Waals surface area (Å²) in [5.41, 5.74) is 8.39. The summed E-state index contributed by atoms with van der Waals surface area (Å²) in [5.74, 6) is 1.03. The maximum atomic E-state index is 12.6. The van der Waals surface area contributed by atoms with E-state index in [9.17, 15) is 4.79 Å². The number of hydrogen-bond acceptors (Lipinski definition) is 2. The fourth-order valence-electron chi connectivity index (χ4n) is 5.42. The van der Waals surface area contributed by atoms with Crippen LogP contribution in [-0.2, 0) is 6.54 Å². The predicted octanol–water partition coefficient (Wildman–Crippen LogP) is 6.34. The van der Waals surface area contributed by atoms with Gasteiger partial charge in [0, 0.05) is 40.8 Å². The Kier molecular flexibility index (Phi) is 6.35. The van der Waals surface area contributed by atoms with Gasteiger partial charge in [0.2, 0.25) is 0 Å². The Hall–Kier alpha value is -2.33. The normalized spacial score (nSPS) is 16.0.